The maximum Gasteiger partial charge on any atom is 0.319 e. The number of nitrogens with one attached hydrogen (secondary N) is 2. The number of urea groups is 1. The minimum absolute atomic E-state index is 0.117. The molecule has 0 heterocycles. The fourth-order valence-electron chi connectivity index (χ4n) is 2.20. The topological polar surface area (TPSA) is 59.6 Å². The molecule has 0 fully saturated rings. The van der Waals surface area contributed by atoms with Gasteiger partial charge in [-0.25, -0.2) is 4.79 Å². The molecule has 0 aliphatic carbocycles. The zero-order chi connectivity index (χ0) is 18.8. The number of carbonyl (C=O) groups excluding carboxylic acids is 1. The SMILES string of the molecule is CC(C)C(C)NC(=O)Nc1cccc(COCCOc2ccccc2)c1. The van der Waals surface area contributed by atoms with E-state index in [1.807, 2.05) is 61.5 Å². The van der Waals surface area contributed by atoms with Crippen LogP contribution in [0.15, 0.2) is 54.6 Å². The Bertz CT molecular complexity index is 674. The smallest absolute Gasteiger partial charge is 0.319 e. The fraction of sp³-hybridized carbons (Fsp3) is 0.381. The standard InChI is InChI=1S/C21H28N2O3/c1-16(2)17(3)22-21(24)23-19-9-7-8-18(14-19)15-25-12-13-26-20-10-5-4-6-11-20/h4-11,14,16-17H,12-13,15H2,1-3H3,(H2,22,23,24). The van der Waals surface area contributed by atoms with Gasteiger partial charge in [0.15, 0.2) is 0 Å². The van der Waals surface area contributed by atoms with E-state index < -0.39 is 0 Å². The third-order valence-corrected chi connectivity index (χ3v) is 4.05. The van der Waals surface area contributed by atoms with Crippen LogP contribution >= 0.6 is 0 Å². The first kappa shape index (κ1) is 19.8. The lowest BCUT2D eigenvalue weighted by Crippen LogP contribution is -2.39. The molecule has 26 heavy (non-hydrogen) atoms. The van der Waals surface area contributed by atoms with Gasteiger partial charge in [0.25, 0.3) is 0 Å². The van der Waals surface area contributed by atoms with Gasteiger partial charge in [0.2, 0.25) is 0 Å². The monoisotopic (exact) mass is 356 g/mol. The number of carbonyl (C=O) groups is 1. The van der Waals surface area contributed by atoms with Crippen molar-refractivity contribution >= 4 is 11.7 Å². The number of benzene rings is 2. The van der Waals surface area contributed by atoms with Gasteiger partial charge in [-0.1, -0.05) is 44.2 Å². The van der Waals surface area contributed by atoms with E-state index in [9.17, 15) is 4.79 Å². The maximum atomic E-state index is 12.0. The normalized spacial score (nSPS) is 11.8. The lowest BCUT2D eigenvalue weighted by Gasteiger charge is -2.18. The molecule has 2 N–H and O–H groups in total. The molecule has 2 rings (SSSR count). The van der Waals surface area contributed by atoms with Gasteiger partial charge >= 0.3 is 6.03 Å². The zero-order valence-corrected chi connectivity index (χ0v) is 15.7. The van der Waals surface area contributed by atoms with Crippen molar-refractivity contribution < 1.29 is 14.3 Å². The summed E-state index contributed by atoms with van der Waals surface area (Å²) in [5.74, 6) is 1.22. The summed E-state index contributed by atoms with van der Waals surface area (Å²) < 4.78 is 11.2. The summed E-state index contributed by atoms with van der Waals surface area (Å²) in [4.78, 5) is 12.0. The van der Waals surface area contributed by atoms with Crippen LogP contribution in [0, 0.1) is 5.92 Å². The van der Waals surface area contributed by atoms with Crippen LogP contribution in [-0.2, 0) is 11.3 Å². The van der Waals surface area contributed by atoms with Crippen molar-refractivity contribution in [3.05, 3.63) is 60.2 Å². The van der Waals surface area contributed by atoms with E-state index in [-0.39, 0.29) is 12.1 Å². The molecule has 0 aromatic heterocycles. The molecule has 2 amide bonds. The molecule has 2 aromatic rings. The van der Waals surface area contributed by atoms with Crippen LogP contribution in [-0.4, -0.2) is 25.3 Å². The highest BCUT2D eigenvalue weighted by atomic mass is 16.5. The number of para-hydroxylation sites is 1. The van der Waals surface area contributed by atoms with Gasteiger partial charge in [0, 0.05) is 11.7 Å². The summed E-state index contributed by atoms with van der Waals surface area (Å²) in [6, 6.07) is 17.2. The number of anilines is 1. The quantitative estimate of drug-likeness (QED) is 0.653. The van der Waals surface area contributed by atoms with E-state index >= 15 is 0 Å². The van der Waals surface area contributed by atoms with Gasteiger partial charge in [-0.15, -0.1) is 0 Å². The first-order valence-electron chi connectivity index (χ1n) is 8.96. The Morgan fingerprint density at radius 1 is 1.00 bits per heavy atom. The Balaban J connectivity index is 1.72. The molecule has 0 aliphatic rings. The molecular formula is C21H28N2O3. The van der Waals surface area contributed by atoms with Crippen LogP contribution in [0.25, 0.3) is 0 Å². The Morgan fingerprint density at radius 2 is 1.77 bits per heavy atom. The molecule has 0 radical (unpaired) electrons. The van der Waals surface area contributed by atoms with E-state index in [4.69, 9.17) is 9.47 Å². The largest absolute Gasteiger partial charge is 0.491 e. The molecule has 2 aromatic carbocycles. The average molecular weight is 356 g/mol. The Hall–Kier alpha value is -2.53. The van der Waals surface area contributed by atoms with Gasteiger partial charge < -0.3 is 20.1 Å². The Morgan fingerprint density at radius 3 is 2.50 bits per heavy atom. The van der Waals surface area contributed by atoms with E-state index in [0.29, 0.717) is 25.7 Å². The first-order valence-corrected chi connectivity index (χ1v) is 8.96. The number of ether oxygens (including phenoxy) is 2. The number of rotatable bonds is 9. The number of hydrogen-bond donors (Lipinski definition) is 2. The molecule has 140 valence electrons. The fourth-order valence-corrected chi connectivity index (χ4v) is 2.20. The minimum atomic E-state index is -0.194. The number of hydrogen-bond acceptors (Lipinski definition) is 3. The van der Waals surface area contributed by atoms with Crippen LogP contribution in [0.2, 0.25) is 0 Å². The van der Waals surface area contributed by atoms with Gasteiger partial charge in [-0.05, 0) is 42.7 Å². The third kappa shape index (κ3) is 7.15. The molecule has 0 saturated heterocycles. The lowest BCUT2D eigenvalue weighted by atomic mass is 10.1. The van der Waals surface area contributed by atoms with Gasteiger partial charge in [0.05, 0.1) is 13.2 Å². The highest BCUT2D eigenvalue weighted by Crippen LogP contribution is 2.12. The van der Waals surface area contributed by atoms with Crippen LogP contribution in [0.4, 0.5) is 10.5 Å². The van der Waals surface area contributed by atoms with Crippen molar-refractivity contribution in [2.45, 2.75) is 33.4 Å². The van der Waals surface area contributed by atoms with Gasteiger partial charge in [-0.3, -0.25) is 0 Å². The average Bonchev–Trinajstić information content (AvgIpc) is 2.62. The maximum absolute atomic E-state index is 12.0. The van der Waals surface area contributed by atoms with Crippen molar-refractivity contribution in [2.75, 3.05) is 18.5 Å². The van der Waals surface area contributed by atoms with Crippen LogP contribution < -0.4 is 15.4 Å². The predicted octanol–water partition coefficient (Wildman–Crippen LogP) is 4.45. The van der Waals surface area contributed by atoms with Gasteiger partial charge in [-0.2, -0.15) is 0 Å². The summed E-state index contributed by atoms with van der Waals surface area (Å²) >= 11 is 0. The third-order valence-electron chi connectivity index (χ3n) is 4.05. The van der Waals surface area contributed by atoms with Crippen molar-refractivity contribution in [3.63, 3.8) is 0 Å². The number of amides is 2. The van der Waals surface area contributed by atoms with E-state index in [0.717, 1.165) is 17.0 Å². The van der Waals surface area contributed by atoms with Crippen LogP contribution in [0.3, 0.4) is 0 Å². The van der Waals surface area contributed by atoms with E-state index in [1.165, 1.54) is 0 Å². The second-order valence-corrected chi connectivity index (χ2v) is 6.55. The second-order valence-electron chi connectivity index (χ2n) is 6.55. The Labute approximate surface area is 155 Å². The lowest BCUT2D eigenvalue weighted by molar-refractivity contribution is 0.0889. The molecule has 0 aliphatic heterocycles. The first-order chi connectivity index (χ1) is 12.5. The van der Waals surface area contributed by atoms with E-state index in [2.05, 4.69) is 24.5 Å². The summed E-state index contributed by atoms with van der Waals surface area (Å²) in [7, 11) is 0. The highest BCUT2D eigenvalue weighted by molar-refractivity contribution is 5.89. The molecule has 1 unspecified atom stereocenters. The van der Waals surface area contributed by atoms with Crippen molar-refractivity contribution in [3.8, 4) is 5.75 Å². The summed E-state index contributed by atoms with van der Waals surface area (Å²) in [5.41, 5.74) is 1.75. The van der Waals surface area contributed by atoms with Crippen LogP contribution in [0.1, 0.15) is 26.3 Å². The van der Waals surface area contributed by atoms with Crippen molar-refractivity contribution in [1.29, 1.82) is 0 Å². The van der Waals surface area contributed by atoms with Gasteiger partial charge in [0.1, 0.15) is 12.4 Å². The van der Waals surface area contributed by atoms with Crippen molar-refractivity contribution in [2.24, 2.45) is 5.92 Å². The molecule has 0 saturated carbocycles. The predicted molar refractivity (Wildman–Crippen MR) is 104 cm³/mol. The summed E-state index contributed by atoms with van der Waals surface area (Å²) in [5, 5.41) is 5.79. The Kier molecular flexibility index (Phi) is 7.96. The molecule has 1 atom stereocenters. The zero-order valence-electron chi connectivity index (χ0n) is 15.7. The minimum Gasteiger partial charge on any atom is -0.491 e. The van der Waals surface area contributed by atoms with Crippen molar-refractivity contribution in [1.82, 2.24) is 5.32 Å². The van der Waals surface area contributed by atoms with E-state index in [1.54, 1.807) is 0 Å². The molecule has 5 heteroatoms. The summed E-state index contributed by atoms with van der Waals surface area (Å²) in [6.45, 7) is 7.61. The van der Waals surface area contributed by atoms with Crippen LogP contribution in [0.5, 0.6) is 5.75 Å². The molecule has 0 bridgehead atoms. The molecule has 0 spiro atoms. The molecular weight excluding hydrogens is 328 g/mol. The summed E-state index contributed by atoms with van der Waals surface area (Å²) in [6.07, 6.45) is 0. The second kappa shape index (κ2) is 10.5. The highest BCUT2D eigenvalue weighted by Gasteiger charge is 2.10. The molecule has 5 nitrogen and oxygen atoms in total.